The molecule has 0 saturated heterocycles. The largest absolute Gasteiger partial charge is 0.465 e. The number of hydrogen-bond donors (Lipinski definition) is 1. The van der Waals surface area contributed by atoms with Gasteiger partial charge in [-0.15, -0.1) is 0 Å². The molecule has 4 rings (SSSR count). The lowest BCUT2D eigenvalue weighted by Gasteiger charge is -2.39. The number of rotatable bonds is 8. The third-order valence-electron chi connectivity index (χ3n) is 6.65. The van der Waals surface area contributed by atoms with Crippen LogP contribution in [0.2, 0.25) is 0 Å². The number of allylic oxidation sites excluding steroid dienone is 3. The third kappa shape index (κ3) is 4.83. The molecule has 36 heavy (non-hydrogen) atoms. The molecule has 2 aliphatic rings. The molecule has 1 aromatic carbocycles. The quantitative estimate of drug-likeness (QED) is 0.429. The molecule has 0 radical (unpaired) electrons. The topological polar surface area (TPSA) is 94.6 Å². The lowest BCUT2D eigenvalue weighted by Crippen LogP contribution is -2.44. The van der Waals surface area contributed by atoms with Crippen molar-refractivity contribution in [3.63, 3.8) is 0 Å². The van der Waals surface area contributed by atoms with Crippen LogP contribution in [0, 0.1) is 5.92 Å². The molecule has 7 nitrogen and oxygen atoms in total. The monoisotopic (exact) mass is 488 g/mol. The SMILES string of the molecule is CCCC1=C(C(=O)OCC)[C@H](c2ccccn2)C2=C(C[C@@H](c3ccccc3)[C@@H](C(=O)OCC)C2=O)N1. The highest BCUT2D eigenvalue weighted by molar-refractivity contribution is 6.13. The van der Waals surface area contributed by atoms with Gasteiger partial charge in [-0.05, 0) is 44.4 Å². The van der Waals surface area contributed by atoms with Gasteiger partial charge < -0.3 is 14.8 Å². The van der Waals surface area contributed by atoms with E-state index in [2.05, 4.69) is 10.3 Å². The summed E-state index contributed by atoms with van der Waals surface area (Å²) < 4.78 is 10.8. The Hall–Kier alpha value is -3.74. The van der Waals surface area contributed by atoms with Gasteiger partial charge in [-0.1, -0.05) is 49.7 Å². The Morgan fingerprint density at radius 3 is 2.36 bits per heavy atom. The van der Waals surface area contributed by atoms with E-state index in [9.17, 15) is 14.4 Å². The number of dihydropyridines is 1. The molecule has 2 aromatic rings. The van der Waals surface area contributed by atoms with Gasteiger partial charge in [-0.3, -0.25) is 14.6 Å². The number of carbonyl (C=O) groups excluding carboxylic acids is 3. The zero-order chi connectivity index (χ0) is 25.7. The molecule has 2 heterocycles. The number of esters is 2. The van der Waals surface area contributed by atoms with Crippen LogP contribution in [0.5, 0.6) is 0 Å². The van der Waals surface area contributed by atoms with Crippen molar-refractivity contribution in [2.45, 2.75) is 51.9 Å². The zero-order valence-corrected chi connectivity index (χ0v) is 21.0. The molecule has 1 N–H and O–H groups in total. The number of carbonyl (C=O) groups is 3. The van der Waals surface area contributed by atoms with Gasteiger partial charge in [0.05, 0.1) is 30.4 Å². The van der Waals surface area contributed by atoms with E-state index in [-0.39, 0.29) is 24.9 Å². The fourth-order valence-electron chi connectivity index (χ4n) is 5.20. The minimum Gasteiger partial charge on any atom is -0.465 e. The normalized spacial score (nSPS) is 21.5. The van der Waals surface area contributed by atoms with Crippen LogP contribution in [0.25, 0.3) is 0 Å². The molecule has 0 saturated carbocycles. The summed E-state index contributed by atoms with van der Waals surface area (Å²) in [5.41, 5.74) is 3.69. The molecule has 0 fully saturated rings. The average Bonchev–Trinajstić information content (AvgIpc) is 2.89. The molecule has 0 unspecified atom stereocenters. The number of Topliss-reactive ketones (excluding diaryl/α,β-unsaturated/α-hetero) is 1. The Labute approximate surface area is 211 Å². The molecular weight excluding hydrogens is 456 g/mol. The van der Waals surface area contributed by atoms with Crippen LogP contribution >= 0.6 is 0 Å². The van der Waals surface area contributed by atoms with Gasteiger partial charge in [-0.25, -0.2) is 4.79 Å². The van der Waals surface area contributed by atoms with E-state index < -0.39 is 23.8 Å². The van der Waals surface area contributed by atoms with Gasteiger partial charge in [0.2, 0.25) is 0 Å². The van der Waals surface area contributed by atoms with Gasteiger partial charge in [-0.2, -0.15) is 0 Å². The highest BCUT2D eigenvalue weighted by Gasteiger charge is 2.49. The Morgan fingerprint density at radius 1 is 1.00 bits per heavy atom. The number of aromatic nitrogens is 1. The first kappa shape index (κ1) is 25.4. The van der Waals surface area contributed by atoms with Gasteiger partial charge in [0.1, 0.15) is 5.92 Å². The Morgan fingerprint density at radius 2 is 1.72 bits per heavy atom. The number of pyridine rings is 1. The standard InChI is InChI=1S/C29H32N2O5/c1-4-12-21-26(29(34)36-6-3)24(20-15-10-11-16-30-20)25-22(31-21)17-19(18-13-8-7-9-14-18)23(27(25)32)28(33)35-5-2/h7-11,13-16,19,23-24,31H,4-6,12,17H2,1-3H3/t19-,23+,24+/m0/s1. The van der Waals surface area contributed by atoms with Crippen LogP contribution in [-0.2, 0) is 23.9 Å². The van der Waals surface area contributed by atoms with Gasteiger partial charge in [0.15, 0.2) is 5.78 Å². The van der Waals surface area contributed by atoms with E-state index in [0.717, 1.165) is 23.4 Å². The minimum absolute atomic E-state index is 0.173. The summed E-state index contributed by atoms with van der Waals surface area (Å²) in [5, 5.41) is 3.42. The number of ketones is 1. The molecule has 7 heteroatoms. The second-order valence-corrected chi connectivity index (χ2v) is 8.88. The molecule has 3 atom stereocenters. The van der Waals surface area contributed by atoms with Crippen LogP contribution in [0.1, 0.15) is 63.1 Å². The van der Waals surface area contributed by atoms with E-state index >= 15 is 0 Å². The van der Waals surface area contributed by atoms with Crippen molar-refractivity contribution in [2.75, 3.05) is 13.2 Å². The molecule has 188 valence electrons. The van der Waals surface area contributed by atoms with Gasteiger partial charge in [0.25, 0.3) is 0 Å². The lowest BCUT2D eigenvalue weighted by molar-refractivity contribution is -0.152. The second-order valence-electron chi connectivity index (χ2n) is 8.88. The summed E-state index contributed by atoms with van der Waals surface area (Å²) in [5.74, 6) is -3.52. The summed E-state index contributed by atoms with van der Waals surface area (Å²) >= 11 is 0. The Balaban J connectivity index is 1.91. The predicted molar refractivity (Wildman–Crippen MR) is 135 cm³/mol. The Kier molecular flexibility index (Phi) is 7.98. The van der Waals surface area contributed by atoms with Crippen LogP contribution in [-0.4, -0.2) is 35.9 Å². The first-order chi connectivity index (χ1) is 17.5. The van der Waals surface area contributed by atoms with Crippen LogP contribution < -0.4 is 5.32 Å². The first-order valence-corrected chi connectivity index (χ1v) is 12.6. The maximum atomic E-state index is 14.2. The summed E-state index contributed by atoms with van der Waals surface area (Å²) in [6.45, 7) is 5.89. The zero-order valence-electron chi connectivity index (χ0n) is 21.0. The van der Waals surface area contributed by atoms with Crippen LogP contribution in [0.15, 0.2) is 77.3 Å². The maximum Gasteiger partial charge on any atom is 0.336 e. The van der Waals surface area contributed by atoms with E-state index in [4.69, 9.17) is 9.47 Å². The average molecular weight is 489 g/mol. The second kappa shape index (κ2) is 11.3. The van der Waals surface area contributed by atoms with E-state index in [0.29, 0.717) is 29.7 Å². The van der Waals surface area contributed by atoms with Crippen molar-refractivity contribution in [1.82, 2.24) is 10.3 Å². The fraction of sp³-hybridized carbons (Fsp3) is 0.379. The molecule has 0 amide bonds. The van der Waals surface area contributed by atoms with Crippen molar-refractivity contribution < 1.29 is 23.9 Å². The van der Waals surface area contributed by atoms with Gasteiger partial charge in [0, 0.05) is 29.1 Å². The summed E-state index contributed by atoms with van der Waals surface area (Å²) in [4.78, 5) is 45.2. The number of hydrogen-bond acceptors (Lipinski definition) is 7. The number of nitrogens with zero attached hydrogens (tertiary/aromatic N) is 1. The third-order valence-corrected chi connectivity index (χ3v) is 6.65. The van der Waals surface area contributed by atoms with Crippen molar-refractivity contribution in [3.05, 3.63) is 88.5 Å². The summed E-state index contributed by atoms with van der Waals surface area (Å²) in [6, 6.07) is 15.0. The van der Waals surface area contributed by atoms with Gasteiger partial charge >= 0.3 is 11.9 Å². The van der Waals surface area contributed by atoms with Crippen molar-refractivity contribution in [3.8, 4) is 0 Å². The van der Waals surface area contributed by atoms with Crippen LogP contribution in [0.4, 0.5) is 0 Å². The van der Waals surface area contributed by atoms with E-state index in [1.165, 1.54) is 0 Å². The fourth-order valence-corrected chi connectivity index (χ4v) is 5.20. The minimum atomic E-state index is -1.02. The molecule has 1 aliphatic carbocycles. The summed E-state index contributed by atoms with van der Waals surface area (Å²) in [6.07, 6.45) is 3.48. The Bertz CT molecular complexity index is 1190. The highest BCUT2D eigenvalue weighted by Crippen LogP contribution is 2.48. The first-order valence-electron chi connectivity index (χ1n) is 12.6. The molecule has 1 aliphatic heterocycles. The number of ether oxygens (including phenoxy) is 2. The lowest BCUT2D eigenvalue weighted by atomic mass is 9.67. The van der Waals surface area contributed by atoms with E-state index in [1.54, 1.807) is 32.2 Å². The molecule has 1 aromatic heterocycles. The highest BCUT2D eigenvalue weighted by atomic mass is 16.5. The predicted octanol–water partition coefficient (Wildman–Crippen LogP) is 4.58. The molecule has 0 bridgehead atoms. The maximum absolute atomic E-state index is 14.2. The smallest absolute Gasteiger partial charge is 0.336 e. The van der Waals surface area contributed by atoms with Crippen molar-refractivity contribution in [2.24, 2.45) is 5.92 Å². The molecule has 0 spiro atoms. The van der Waals surface area contributed by atoms with E-state index in [1.807, 2.05) is 43.3 Å². The summed E-state index contributed by atoms with van der Waals surface area (Å²) in [7, 11) is 0. The number of benzene rings is 1. The van der Waals surface area contributed by atoms with Crippen molar-refractivity contribution in [1.29, 1.82) is 0 Å². The molecular formula is C29H32N2O5. The van der Waals surface area contributed by atoms with Crippen molar-refractivity contribution >= 4 is 17.7 Å². The number of nitrogens with one attached hydrogen (secondary N) is 1. The van der Waals surface area contributed by atoms with Crippen LogP contribution in [0.3, 0.4) is 0 Å².